The Bertz CT molecular complexity index is 587. The van der Waals surface area contributed by atoms with Crippen molar-refractivity contribution < 1.29 is 0 Å². The molecule has 0 saturated carbocycles. The van der Waals surface area contributed by atoms with Crippen LogP contribution in [0.25, 0.3) is 0 Å². The van der Waals surface area contributed by atoms with Gasteiger partial charge in [-0.25, -0.2) is 0 Å². The molecule has 0 aromatic heterocycles. The largest absolute Gasteiger partial charge is 0.0921 e. The zero-order valence-electron chi connectivity index (χ0n) is 11.4. The van der Waals surface area contributed by atoms with Gasteiger partial charge in [0.05, 0.1) is 0 Å². The summed E-state index contributed by atoms with van der Waals surface area (Å²) in [7, 11) is 0. The van der Waals surface area contributed by atoms with E-state index in [0.29, 0.717) is 5.92 Å². The fourth-order valence-electron chi connectivity index (χ4n) is 3.03. The number of rotatable bonds is 4. The summed E-state index contributed by atoms with van der Waals surface area (Å²) in [5.74, 6) is 0.544. The summed E-state index contributed by atoms with van der Waals surface area (Å²) in [6.45, 7) is 0. The highest BCUT2D eigenvalue weighted by molar-refractivity contribution is 9.10. The highest BCUT2D eigenvalue weighted by atomic mass is 79.9. The van der Waals surface area contributed by atoms with Gasteiger partial charge in [-0.15, -0.1) is 0 Å². The lowest BCUT2D eigenvalue weighted by atomic mass is 9.92. The van der Waals surface area contributed by atoms with Crippen LogP contribution in [0.4, 0.5) is 0 Å². The number of benzene rings is 2. The van der Waals surface area contributed by atoms with Crippen LogP contribution in [0.1, 0.15) is 34.6 Å². The fraction of sp³-hybridized carbons (Fsp3) is 0.333. The first-order valence-corrected chi connectivity index (χ1v) is 9.10. The van der Waals surface area contributed by atoms with E-state index in [4.69, 9.17) is 0 Å². The van der Waals surface area contributed by atoms with Gasteiger partial charge in [0.1, 0.15) is 0 Å². The van der Waals surface area contributed by atoms with Crippen molar-refractivity contribution >= 4 is 31.9 Å². The first kappa shape index (κ1) is 14.3. The van der Waals surface area contributed by atoms with Crippen molar-refractivity contribution in [3.8, 4) is 0 Å². The molecular formula is C18H18Br2. The van der Waals surface area contributed by atoms with Gasteiger partial charge in [-0.05, 0) is 66.0 Å². The number of alkyl halides is 1. The van der Waals surface area contributed by atoms with Crippen molar-refractivity contribution in [3.63, 3.8) is 0 Å². The Hall–Kier alpha value is -0.600. The molecule has 2 aromatic carbocycles. The molecule has 0 aliphatic heterocycles. The van der Waals surface area contributed by atoms with Crippen molar-refractivity contribution in [2.75, 3.05) is 5.33 Å². The number of hydrogen-bond acceptors (Lipinski definition) is 0. The number of aryl methyl sites for hydroxylation is 2. The van der Waals surface area contributed by atoms with E-state index in [-0.39, 0.29) is 0 Å². The molecule has 0 N–H and O–H groups in total. The minimum absolute atomic E-state index is 0.544. The topological polar surface area (TPSA) is 0 Å². The molecule has 1 atom stereocenters. The van der Waals surface area contributed by atoms with E-state index in [1.54, 1.807) is 11.1 Å². The van der Waals surface area contributed by atoms with E-state index < -0.39 is 0 Å². The van der Waals surface area contributed by atoms with Crippen molar-refractivity contribution in [2.24, 2.45) is 0 Å². The molecule has 104 valence electrons. The van der Waals surface area contributed by atoms with Crippen LogP contribution in [0.15, 0.2) is 46.9 Å². The van der Waals surface area contributed by atoms with Gasteiger partial charge in [0.15, 0.2) is 0 Å². The summed E-state index contributed by atoms with van der Waals surface area (Å²) in [6, 6.07) is 15.8. The Morgan fingerprint density at radius 3 is 2.45 bits per heavy atom. The van der Waals surface area contributed by atoms with Crippen LogP contribution in [0.5, 0.6) is 0 Å². The standard InChI is InChI=1S/C18H18Br2/c19-12-17(15-6-8-18(20)9-7-15)11-13-4-5-14-2-1-3-16(14)10-13/h4-10,17H,1-3,11-12H2. The maximum atomic E-state index is 3.68. The van der Waals surface area contributed by atoms with Crippen molar-refractivity contribution in [3.05, 3.63) is 69.2 Å². The lowest BCUT2D eigenvalue weighted by Crippen LogP contribution is -2.05. The Balaban J connectivity index is 1.79. The summed E-state index contributed by atoms with van der Waals surface area (Å²) in [6.07, 6.45) is 4.97. The molecule has 2 aromatic rings. The highest BCUT2D eigenvalue weighted by Crippen LogP contribution is 2.28. The van der Waals surface area contributed by atoms with Crippen LogP contribution in [0.3, 0.4) is 0 Å². The summed E-state index contributed by atoms with van der Waals surface area (Å²) in [5.41, 5.74) is 6.02. The molecule has 0 radical (unpaired) electrons. The molecule has 0 amide bonds. The monoisotopic (exact) mass is 392 g/mol. The molecular weight excluding hydrogens is 376 g/mol. The minimum atomic E-state index is 0.544. The SMILES string of the molecule is BrCC(Cc1ccc2c(c1)CCC2)c1ccc(Br)cc1. The lowest BCUT2D eigenvalue weighted by Gasteiger charge is -2.15. The van der Waals surface area contributed by atoms with Crippen LogP contribution < -0.4 is 0 Å². The molecule has 0 heterocycles. The van der Waals surface area contributed by atoms with Crippen molar-refractivity contribution in [1.82, 2.24) is 0 Å². The Kier molecular flexibility index (Phi) is 4.62. The lowest BCUT2D eigenvalue weighted by molar-refractivity contribution is 0.774. The first-order chi connectivity index (χ1) is 9.76. The van der Waals surface area contributed by atoms with Gasteiger partial charge in [-0.3, -0.25) is 0 Å². The summed E-state index contributed by atoms with van der Waals surface area (Å²) in [5, 5.41) is 1.01. The summed E-state index contributed by atoms with van der Waals surface area (Å²) >= 11 is 7.18. The molecule has 20 heavy (non-hydrogen) atoms. The van der Waals surface area contributed by atoms with Gasteiger partial charge in [0.25, 0.3) is 0 Å². The average Bonchev–Trinajstić information content (AvgIpc) is 2.93. The minimum Gasteiger partial charge on any atom is -0.0921 e. The zero-order chi connectivity index (χ0) is 13.9. The predicted octanol–water partition coefficient (Wildman–Crippen LogP) is 5.66. The third-order valence-electron chi connectivity index (χ3n) is 4.17. The van der Waals surface area contributed by atoms with E-state index in [9.17, 15) is 0 Å². The molecule has 1 aliphatic rings. The number of hydrogen-bond donors (Lipinski definition) is 0. The number of halogens is 2. The molecule has 1 aliphatic carbocycles. The highest BCUT2D eigenvalue weighted by Gasteiger charge is 2.14. The van der Waals surface area contributed by atoms with Gasteiger partial charge in [0.2, 0.25) is 0 Å². The second-order valence-corrected chi connectivity index (χ2v) is 7.13. The van der Waals surface area contributed by atoms with Crippen molar-refractivity contribution in [2.45, 2.75) is 31.6 Å². The normalized spacial score (nSPS) is 15.1. The zero-order valence-corrected chi connectivity index (χ0v) is 14.6. The fourth-order valence-corrected chi connectivity index (χ4v) is 3.90. The first-order valence-electron chi connectivity index (χ1n) is 7.18. The molecule has 0 spiro atoms. The molecule has 3 rings (SSSR count). The second kappa shape index (κ2) is 6.44. The molecule has 0 saturated heterocycles. The Morgan fingerprint density at radius 1 is 0.950 bits per heavy atom. The van der Waals surface area contributed by atoms with Gasteiger partial charge >= 0.3 is 0 Å². The molecule has 2 heteroatoms. The predicted molar refractivity (Wildman–Crippen MR) is 92.8 cm³/mol. The summed E-state index contributed by atoms with van der Waals surface area (Å²) < 4.78 is 1.15. The molecule has 0 fully saturated rings. The van der Waals surface area contributed by atoms with Crippen LogP contribution in [-0.4, -0.2) is 5.33 Å². The average molecular weight is 394 g/mol. The van der Waals surface area contributed by atoms with Crippen LogP contribution in [0.2, 0.25) is 0 Å². The maximum absolute atomic E-state index is 3.68. The van der Waals surface area contributed by atoms with E-state index in [1.807, 2.05) is 0 Å². The molecule has 1 unspecified atom stereocenters. The van der Waals surface area contributed by atoms with Gasteiger partial charge < -0.3 is 0 Å². The van der Waals surface area contributed by atoms with Crippen LogP contribution in [-0.2, 0) is 19.3 Å². The van der Waals surface area contributed by atoms with Gasteiger partial charge in [0, 0.05) is 9.80 Å². The van der Waals surface area contributed by atoms with Crippen molar-refractivity contribution in [1.29, 1.82) is 0 Å². The Labute approximate surface area is 137 Å². The third-order valence-corrected chi connectivity index (χ3v) is 5.48. The Morgan fingerprint density at radius 2 is 1.70 bits per heavy atom. The quantitative estimate of drug-likeness (QED) is 0.588. The van der Waals surface area contributed by atoms with E-state index >= 15 is 0 Å². The van der Waals surface area contributed by atoms with E-state index in [2.05, 4.69) is 74.3 Å². The van der Waals surface area contributed by atoms with Gasteiger partial charge in [-0.2, -0.15) is 0 Å². The van der Waals surface area contributed by atoms with E-state index in [0.717, 1.165) is 16.2 Å². The maximum Gasteiger partial charge on any atom is 0.0175 e. The number of fused-ring (bicyclic) bond motifs is 1. The smallest absolute Gasteiger partial charge is 0.0175 e. The summed E-state index contributed by atoms with van der Waals surface area (Å²) in [4.78, 5) is 0. The second-order valence-electron chi connectivity index (χ2n) is 5.56. The third kappa shape index (κ3) is 3.17. The molecule has 0 nitrogen and oxygen atoms in total. The van der Waals surface area contributed by atoms with Gasteiger partial charge in [-0.1, -0.05) is 62.2 Å². The molecule has 0 bridgehead atoms. The van der Waals surface area contributed by atoms with Crippen LogP contribution >= 0.6 is 31.9 Å². The van der Waals surface area contributed by atoms with Crippen LogP contribution in [0, 0.1) is 0 Å². The van der Waals surface area contributed by atoms with E-state index in [1.165, 1.54) is 30.4 Å².